The first kappa shape index (κ1) is 21.5. The normalized spacial score (nSPS) is 17.2. The van der Waals surface area contributed by atoms with Crippen LogP contribution in [0.2, 0.25) is 0 Å². The summed E-state index contributed by atoms with van der Waals surface area (Å²) in [4.78, 5) is 18.1. The van der Waals surface area contributed by atoms with Gasteiger partial charge in [0.15, 0.2) is 0 Å². The zero-order valence-corrected chi connectivity index (χ0v) is 16.0. The summed E-state index contributed by atoms with van der Waals surface area (Å²) < 4.78 is 59.0. The van der Waals surface area contributed by atoms with Crippen molar-refractivity contribution in [2.45, 2.75) is 19.3 Å². The van der Waals surface area contributed by atoms with Crippen LogP contribution >= 0.6 is 11.6 Å². The summed E-state index contributed by atoms with van der Waals surface area (Å²) in [5.41, 5.74) is 6.37. The number of nitrogens with two attached hydrogens (primary N) is 1. The molecule has 0 bridgehead atoms. The van der Waals surface area contributed by atoms with Crippen LogP contribution in [0.5, 0.6) is 5.75 Å². The zero-order valence-electron chi connectivity index (χ0n) is 15.2. The van der Waals surface area contributed by atoms with Gasteiger partial charge in [0.2, 0.25) is 11.2 Å². The summed E-state index contributed by atoms with van der Waals surface area (Å²) in [5, 5.41) is 3.69. The number of nitrogens with zero attached hydrogens (tertiary/aromatic N) is 2. The lowest BCUT2D eigenvalue weighted by Gasteiger charge is -2.17. The van der Waals surface area contributed by atoms with Gasteiger partial charge >= 0.3 is 6.18 Å². The fraction of sp³-hybridized carbons (Fsp3) is 0.167. The Balaban J connectivity index is 2.15. The molecule has 2 heterocycles. The van der Waals surface area contributed by atoms with Crippen LogP contribution in [0.1, 0.15) is 12.5 Å². The number of rotatable bonds is 2. The highest BCUT2D eigenvalue weighted by molar-refractivity contribution is 6.64. The van der Waals surface area contributed by atoms with E-state index in [4.69, 9.17) is 22.1 Å². The molecule has 3 rings (SSSR count). The van der Waals surface area contributed by atoms with Gasteiger partial charge in [0.25, 0.3) is 5.56 Å². The first-order valence-corrected chi connectivity index (χ1v) is 8.71. The minimum atomic E-state index is -4.69. The predicted molar refractivity (Wildman–Crippen MR) is 104 cm³/mol. The number of hydrogen-bond acceptors (Lipinski definition) is 6. The van der Waals surface area contributed by atoms with Crippen LogP contribution in [0.4, 0.5) is 17.6 Å². The van der Waals surface area contributed by atoms with Crippen molar-refractivity contribution in [1.29, 1.82) is 0 Å². The molecule has 1 aromatic heterocycles. The number of H-pyrrole nitrogens is 1. The Kier molecular flexibility index (Phi) is 5.94. The highest BCUT2D eigenvalue weighted by Gasteiger charge is 2.32. The number of amidine groups is 1. The molecule has 0 saturated heterocycles. The van der Waals surface area contributed by atoms with Crippen LogP contribution in [0.3, 0.4) is 0 Å². The Morgan fingerprint density at radius 1 is 1.23 bits per heavy atom. The summed E-state index contributed by atoms with van der Waals surface area (Å²) in [6.07, 6.45) is -3.29. The first-order valence-electron chi connectivity index (χ1n) is 8.33. The number of aromatic amines is 1. The van der Waals surface area contributed by atoms with Gasteiger partial charge in [0.05, 0.1) is 11.1 Å². The van der Waals surface area contributed by atoms with E-state index < -0.39 is 29.3 Å². The number of benzene rings is 1. The van der Waals surface area contributed by atoms with Gasteiger partial charge in [-0.25, -0.2) is 14.8 Å². The van der Waals surface area contributed by atoms with Crippen molar-refractivity contribution in [3.05, 3.63) is 63.8 Å². The number of hydrogen-bond donors (Lipinski definition) is 3. The van der Waals surface area contributed by atoms with Gasteiger partial charge in [-0.3, -0.25) is 4.79 Å². The van der Waals surface area contributed by atoms with E-state index >= 15 is 0 Å². The second kappa shape index (κ2) is 8.28. The molecule has 158 valence electrons. The molecule has 0 amide bonds. The molecule has 1 aliphatic heterocycles. The van der Waals surface area contributed by atoms with Gasteiger partial charge in [0, 0.05) is 17.3 Å². The van der Waals surface area contributed by atoms with Crippen molar-refractivity contribution in [3.63, 3.8) is 0 Å². The topological polar surface area (TPSA) is 105 Å². The van der Waals surface area contributed by atoms with Crippen LogP contribution in [-0.4, -0.2) is 22.3 Å². The smallest absolute Gasteiger partial charge is 0.416 e. The molecule has 0 radical (unpaired) electrons. The van der Waals surface area contributed by atoms with E-state index in [1.807, 2.05) is 0 Å². The molecule has 0 saturated carbocycles. The fourth-order valence-electron chi connectivity index (χ4n) is 2.58. The number of halogens is 5. The molecule has 1 aromatic carbocycles. The van der Waals surface area contributed by atoms with Crippen molar-refractivity contribution in [3.8, 4) is 16.9 Å². The molecule has 4 N–H and O–H groups in total. The maximum Gasteiger partial charge on any atom is 0.416 e. The van der Waals surface area contributed by atoms with E-state index in [0.717, 1.165) is 24.4 Å². The maximum atomic E-state index is 13.7. The molecule has 0 fully saturated rings. The van der Waals surface area contributed by atoms with E-state index in [9.17, 15) is 22.4 Å². The minimum Gasteiger partial charge on any atom is -0.437 e. The fourth-order valence-corrected chi connectivity index (χ4v) is 2.73. The van der Waals surface area contributed by atoms with Gasteiger partial charge in [-0.15, -0.1) is 5.10 Å². The van der Waals surface area contributed by atoms with Crippen molar-refractivity contribution in [2.24, 2.45) is 15.8 Å². The second-order valence-corrected chi connectivity index (χ2v) is 6.52. The Labute approximate surface area is 171 Å². The monoisotopic (exact) mass is 443 g/mol. The Morgan fingerprint density at radius 2 is 1.97 bits per heavy atom. The molecule has 1 atom stereocenters. The quantitative estimate of drug-likeness (QED) is 0.489. The van der Waals surface area contributed by atoms with Crippen LogP contribution < -0.4 is 21.5 Å². The third kappa shape index (κ3) is 4.86. The summed E-state index contributed by atoms with van der Waals surface area (Å²) in [6.45, 7) is 1.54. The SMILES string of the molecule is CC1=CC(N)N=C(Cl)NN=C1Oc1cc(C(F)(F)F)ccc1-c1cc(F)c[nH]c1=O. The second-order valence-electron chi connectivity index (χ2n) is 6.16. The van der Waals surface area contributed by atoms with Gasteiger partial charge in [0.1, 0.15) is 17.7 Å². The predicted octanol–water partition coefficient (Wildman–Crippen LogP) is 3.32. The lowest BCUT2D eigenvalue weighted by Crippen LogP contribution is -2.27. The first-order chi connectivity index (χ1) is 14.0. The molecular weight excluding hydrogens is 430 g/mol. The molecule has 0 spiro atoms. The Bertz CT molecular complexity index is 1120. The Hall–Kier alpha value is -3.18. The van der Waals surface area contributed by atoms with Gasteiger partial charge in [-0.2, -0.15) is 13.2 Å². The van der Waals surface area contributed by atoms with Gasteiger partial charge in [-0.05, 0) is 48.9 Å². The number of alkyl halides is 3. The van der Waals surface area contributed by atoms with Crippen molar-refractivity contribution in [1.82, 2.24) is 10.4 Å². The van der Waals surface area contributed by atoms with Crippen molar-refractivity contribution in [2.75, 3.05) is 0 Å². The van der Waals surface area contributed by atoms with Crippen LogP contribution in [0.25, 0.3) is 11.1 Å². The summed E-state index contributed by atoms with van der Waals surface area (Å²) in [6, 6.07) is 3.34. The molecule has 12 heteroatoms. The van der Waals surface area contributed by atoms with Gasteiger partial charge in [-0.1, -0.05) is 0 Å². The molecule has 0 aliphatic carbocycles. The highest BCUT2D eigenvalue weighted by atomic mass is 35.5. The van der Waals surface area contributed by atoms with Crippen LogP contribution in [0.15, 0.2) is 57.0 Å². The average molecular weight is 444 g/mol. The number of pyridine rings is 1. The van der Waals surface area contributed by atoms with E-state index in [1.54, 1.807) is 0 Å². The van der Waals surface area contributed by atoms with E-state index in [1.165, 1.54) is 13.0 Å². The molecule has 1 unspecified atom stereocenters. The number of nitrogens with one attached hydrogen (secondary N) is 2. The standard InChI is InChI=1S/C18H14ClF4N5O2/c1-8-4-14(24)26-17(19)28-27-16(8)30-13-5-9(18(21,22)23)2-3-11(13)12-6-10(20)7-25-15(12)29/h2-7,14H,24H2,1H3,(H,25,29)(H,26,28). The molecular formula is C18H14ClF4N5O2. The van der Waals surface area contributed by atoms with Crippen LogP contribution in [-0.2, 0) is 6.18 Å². The minimum absolute atomic E-state index is 0.0784. The van der Waals surface area contributed by atoms with E-state index in [-0.39, 0.29) is 28.1 Å². The number of aliphatic imine (C=N–C) groups is 1. The summed E-state index contributed by atoms with van der Waals surface area (Å²) in [5.74, 6) is -1.34. The number of ether oxygens (including phenoxy) is 1. The summed E-state index contributed by atoms with van der Waals surface area (Å²) in [7, 11) is 0. The van der Waals surface area contributed by atoms with Crippen LogP contribution in [0, 0.1) is 5.82 Å². The third-order valence-corrected chi connectivity index (χ3v) is 4.13. The van der Waals surface area contributed by atoms with E-state index in [2.05, 4.69) is 20.5 Å². The van der Waals surface area contributed by atoms with Crippen molar-refractivity contribution >= 4 is 22.8 Å². The van der Waals surface area contributed by atoms with Gasteiger partial charge < -0.3 is 15.5 Å². The van der Waals surface area contributed by atoms with E-state index in [0.29, 0.717) is 11.6 Å². The largest absolute Gasteiger partial charge is 0.437 e. The highest BCUT2D eigenvalue weighted by Crippen LogP contribution is 2.36. The Morgan fingerprint density at radius 3 is 2.67 bits per heavy atom. The average Bonchev–Trinajstić information content (AvgIpc) is 2.65. The molecule has 7 nitrogen and oxygen atoms in total. The lowest BCUT2D eigenvalue weighted by molar-refractivity contribution is -0.137. The molecule has 30 heavy (non-hydrogen) atoms. The molecule has 2 aromatic rings. The molecule has 1 aliphatic rings. The number of aromatic nitrogens is 1. The van der Waals surface area contributed by atoms with Crippen molar-refractivity contribution < 1.29 is 22.3 Å². The zero-order chi connectivity index (χ0) is 22.1. The number of hydrazone groups is 1. The lowest BCUT2D eigenvalue weighted by atomic mass is 10.0. The summed E-state index contributed by atoms with van der Waals surface area (Å²) >= 11 is 5.79. The third-order valence-electron chi connectivity index (χ3n) is 3.94. The maximum absolute atomic E-state index is 13.7.